The van der Waals surface area contributed by atoms with Gasteiger partial charge in [-0.2, -0.15) is 0 Å². The van der Waals surface area contributed by atoms with E-state index in [1.54, 1.807) is 7.05 Å². The molecule has 0 aromatic carbocycles. The van der Waals surface area contributed by atoms with E-state index >= 15 is 0 Å². The quantitative estimate of drug-likeness (QED) is 0.676. The van der Waals surface area contributed by atoms with Gasteiger partial charge < -0.3 is 4.57 Å². The van der Waals surface area contributed by atoms with Crippen LogP contribution in [0, 0.1) is 6.92 Å². The summed E-state index contributed by atoms with van der Waals surface area (Å²) in [7, 11) is 1.69. The van der Waals surface area contributed by atoms with E-state index in [1.165, 1.54) is 4.57 Å². The van der Waals surface area contributed by atoms with Gasteiger partial charge in [0.25, 0.3) is 5.56 Å². The van der Waals surface area contributed by atoms with Gasteiger partial charge in [-0.15, -0.1) is 0 Å². The van der Waals surface area contributed by atoms with Crippen LogP contribution in [-0.4, -0.2) is 4.57 Å². The highest BCUT2D eigenvalue weighted by Gasteiger charge is 2.05. The molecule has 1 aromatic rings. The summed E-state index contributed by atoms with van der Waals surface area (Å²) in [5.74, 6) is 0. The van der Waals surface area contributed by atoms with Crippen LogP contribution in [0.2, 0.25) is 5.02 Å². The first-order chi connectivity index (χ1) is 5.04. The lowest BCUT2D eigenvalue weighted by Gasteiger charge is -2.04. The maximum absolute atomic E-state index is 11.2. The molecule has 1 aromatic heterocycles. The number of nitrogens with zero attached hydrogens (tertiary/aromatic N) is 1. The topological polar surface area (TPSA) is 22.0 Å². The molecule has 0 unspecified atom stereocenters. The predicted octanol–water partition coefficient (Wildman–Crippen LogP) is 2.11. The van der Waals surface area contributed by atoms with Gasteiger partial charge in [0.15, 0.2) is 0 Å². The van der Waals surface area contributed by atoms with E-state index < -0.39 is 0 Å². The van der Waals surface area contributed by atoms with Crippen LogP contribution in [0.5, 0.6) is 0 Å². The number of halogens is 2. The Bertz CT molecular complexity index is 316. The Hall–Kier alpha value is -0.280. The average molecular weight is 236 g/mol. The molecule has 2 nitrogen and oxygen atoms in total. The Morgan fingerprint density at radius 3 is 2.73 bits per heavy atom. The lowest BCUT2D eigenvalue weighted by molar-refractivity contribution is 0.816. The normalized spacial score (nSPS) is 10.2. The second-order valence-electron chi connectivity index (χ2n) is 2.31. The zero-order valence-electron chi connectivity index (χ0n) is 6.19. The first-order valence-corrected chi connectivity index (χ1v) is 4.22. The molecule has 0 aliphatic carbocycles. The van der Waals surface area contributed by atoms with Gasteiger partial charge in [-0.25, -0.2) is 0 Å². The number of hydrogen-bond acceptors (Lipinski definition) is 1. The van der Waals surface area contributed by atoms with E-state index in [4.69, 9.17) is 11.6 Å². The first kappa shape index (κ1) is 8.81. The standard InChI is InChI=1S/C7H7BrClNO/c1-4-3-5(8)6(9)7(11)10(4)2/h3H,1-2H3. The van der Waals surface area contributed by atoms with Crippen molar-refractivity contribution in [2.45, 2.75) is 6.92 Å². The Kier molecular flexibility index (Phi) is 2.40. The van der Waals surface area contributed by atoms with Crippen molar-refractivity contribution in [1.82, 2.24) is 4.57 Å². The molecule has 0 atom stereocenters. The minimum absolute atomic E-state index is 0.168. The molecule has 0 aliphatic heterocycles. The van der Waals surface area contributed by atoms with Crippen molar-refractivity contribution in [1.29, 1.82) is 0 Å². The molecule has 0 aliphatic rings. The third-order valence-electron chi connectivity index (χ3n) is 1.57. The summed E-state index contributed by atoms with van der Waals surface area (Å²) in [6.07, 6.45) is 0. The van der Waals surface area contributed by atoms with Crippen molar-refractivity contribution >= 4 is 27.5 Å². The summed E-state index contributed by atoms with van der Waals surface area (Å²) in [6.45, 7) is 1.85. The molecule has 1 heterocycles. The van der Waals surface area contributed by atoms with Crippen LogP contribution >= 0.6 is 27.5 Å². The fourth-order valence-corrected chi connectivity index (χ4v) is 1.44. The maximum atomic E-state index is 11.2. The Morgan fingerprint density at radius 2 is 2.18 bits per heavy atom. The van der Waals surface area contributed by atoms with Crippen LogP contribution in [0.1, 0.15) is 5.69 Å². The molecular formula is C7H7BrClNO. The lowest BCUT2D eigenvalue weighted by atomic mass is 10.4. The van der Waals surface area contributed by atoms with E-state index in [2.05, 4.69) is 15.9 Å². The molecule has 0 amide bonds. The maximum Gasteiger partial charge on any atom is 0.270 e. The van der Waals surface area contributed by atoms with E-state index in [-0.39, 0.29) is 10.6 Å². The molecular weight excluding hydrogens is 229 g/mol. The SMILES string of the molecule is Cc1cc(Br)c(Cl)c(=O)n1C. The molecule has 0 spiro atoms. The van der Waals surface area contributed by atoms with Gasteiger partial charge in [0.2, 0.25) is 0 Å². The van der Waals surface area contributed by atoms with E-state index in [0.717, 1.165) is 5.69 Å². The number of rotatable bonds is 0. The highest BCUT2D eigenvalue weighted by Crippen LogP contribution is 2.18. The fraction of sp³-hybridized carbons (Fsp3) is 0.286. The molecule has 0 fully saturated rings. The number of aromatic nitrogens is 1. The van der Waals surface area contributed by atoms with Crippen molar-refractivity contribution in [3.63, 3.8) is 0 Å². The van der Waals surface area contributed by atoms with Gasteiger partial charge in [-0.3, -0.25) is 4.79 Å². The number of pyridine rings is 1. The molecule has 0 bridgehead atoms. The smallest absolute Gasteiger partial charge is 0.270 e. The van der Waals surface area contributed by atoms with E-state index in [1.807, 2.05) is 13.0 Å². The number of hydrogen-bond donors (Lipinski definition) is 0. The molecule has 1 rings (SSSR count). The molecule has 0 radical (unpaired) electrons. The summed E-state index contributed by atoms with van der Waals surface area (Å²) < 4.78 is 2.16. The van der Waals surface area contributed by atoms with Gasteiger partial charge in [-0.05, 0) is 28.9 Å². The van der Waals surface area contributed by atoms with Crippen LogP contribution < -0.4 is 5.56 Å². The van der Waals surface area contributed by atoms with Crippen molar-refractivity contribution in [2.24, 2.45) is 7.05 Å². The second kappa shape index (κ2) is 2.99. The van der Waals surface area contributed by atoms with Gasteiger partial charge in [-0.1, -0.05) is 11.6 Å². The lowest BCUT2D eigenvalue weighted by Crippen LogP contribution is -2.19. The third kappa shape index (κ3) is 1.49. The van der Waals surface area contributed by atoms with Crippen molar-refractivity contribution in [2.75, 3.05) is 0 Å². The molecule has 60 valence electrons. The molecule has 4 heteroatoms. The largest absolute Gasteiger partial charge is 0.315 e. The summed E-state index contributed by atoms with van der Waals surface area (Å²) >= 11 is 8.86. The van der Waals surface area contributed by atoms with Crippen molar-refractivity contribution < 1.29 is 0 Å². The van der Waals surface area contributed by atoms with Gasteiger partial charge in [0.1, 0.15) is 5.02 Å². The van der Waals surface area contributed by atoms with Crippen LogP contribution in [-0.2, 0) is 7.05 Å². The van der Waals surface area contributed by atoms with Crippen LogP contribution in [0.15, 0.2) is 15.3 Å². The molecule has 11 heavy (non-hydrogen) atoms. The molecule has 0 saturated carbocycles. The summed E-state index contributed by atoms with van der Waals surface area (Å²) in [6, 6.07) is 1.81. The highest BCUT2D eigenvalue weighted by atomic mass is 79.9. The fourth-order valence-electron chi connectivity index (χ4n) is 0.753. The van der Waals surface area contributed by atoms with Gasteiger partial charge in [0, 0.05) is 17.2 Å². The highest BCUT2D eigenvalue weighted by molar-refractivity contribution is 9.10. The summed E-state index contributed by atoms with van der Waals surface area (Å²) in [5.41, 5.74) is 0.713. The monoisotopic (exact) mass is 235 g/mol. The van der Waals surface area contributed by atoms with Gasteiger partial charge >= 0.3 is 0 Å². The van der Waals surface area contributed by atoms with Crippen LogP contribution in [0.4, 0.5) is 0 Å². The van der Waals surface area contributed by atoms with Gasteiger partial charge in [0.05, 0.1) is 0 Å². The zero-order chi connectivity index (χ0) is 8.59. The van der Waals surface area contributed by atoms with E-state index in [0.29, 0.717) is 4.47 Å². The van der Waals surface area contributed by atoms with Crippen molar-refractivity contribution in [3.8, 4) is 0 Å². The average Bonchev–Trinajstić information content (AvgIpc) is 1.97. The van der Waals surface area contributed by atoms with Crippen molar-refractivity contribution in [3.05, 3.63) is 31.6 Å². The predicted molar refractivity (Wildman–Crippen MR) is 49.1 cm³/mol. The minimum Gasteiger partial charge on any atom is -0.315 e. The van der Waals surface area contributed by atoms with Crippen LogP contribution in [0.3, 0.4) is 0 Å². The first-order valence-electron chi connectivity index (χ1n) is 3.05. The Balaban J connectivity index is 3.59. The Morgan fingerprint density at radius 1 is 1.64 bits per heavy atom. The molecule has 0 saturated heterocycles. The van der Waals surface area contributed by atoms with E-state index in [9.17, 15) is 4.79 Å². The third-order valence-corrected chi connectivity index (χ3v) is 2.79. The summed E-state index contributed by atoms with van der Waals surface area (Å²) in [4.78, 5) is 11.2. The molecule has 0 N–H and O–H groups in total. The second-order valence-corrected chi connectivity index (χ2v) is 3.54. The minimum atomic E-state index is -0.168. The number of aryl methyl sites for hydroxylation is 1. The Labute approximate surface area is 77.9 Å². The zero-order valence-corrected chi connectivity index (χ0v) is 8.53. The van der Waals surface area contributed by atoms with Crippen LogP contribution in [0.25, 0.3) is 0 Å². The summed E-state index contributed by atoms with van der Waals surface area (Å²) in [5, 5.41) is 0.234.